The summed E-state index contributed by atoms with van der Waals surface area (Å²) in [6, 6.07) is 3.34. The van der Waals surface area contributed by atoms with Gasteiger partial charge in [-0.3, -0.25) is 0 Å². The lowest BCUT2D eigenvalue weighted by atomic mass is 10.3. The quantitative estimate of drug-likeness (QED) is 0.596. The summed E-state index contributed by atoms with van der Waals surface area (Å²) in [6.45, 7) is 0. The largest absolute Gasteiger partial charge is 0.500 e. The molecule has 0 bridgehead atoms. The number of benzene rings is 1. The van der Waals surface area contributed by atoms with Crippen LogP contribution in [0.2, 0.25) is 10.0 Å². The van der Waals surface area contributed by atoms with Crippen LogP contribution >= 0.6 is 23.2 Å². The van der Waals surface area contributed by atoms with E-state index >= 15 is 0 Å². The van der Waals surface area contributed by atoms with Crippen LogP contribution in [0.4, 0.5) is 4.79 Å². The molecule has 0 spiro atoms. The number of rotatable bonds is 3. The summed E-state index contributed by atoms with van der Waals surface area (Å²) in [7, 11) is -1.86. The summed E-state index contributed by atoms with van der Waals surface area (Å²) in [5.74, 6) is -1.07. The molecule has 10 heteroatoms. The average Bonchev–Trinajstić information content (AvgIpc) is 2.43. The second kappa shape index (κ2) is 5.86. The monoisotopic (exact) mass is 365 g/mol. The Balaban J connectivity index is 2.38. The summed E-state index contributed by atoms with van der Waals surface area (Å²) < 4.78 is 30.4. The van der Waals surface area contributed by atoms with E-state index < -0.39 is 27.3 Å². The van der Waals surface area contributed by atoms with Gasteiger partial charge in [0, 0.05) is 5.02 Å². The molecule has 3 amide bonds. The highest BCUT2D eigenvalue weighted by atomic mass is 35.5. The molecule has 0 aliphatic carbocycles. The maximum absolute atomic E-state index is 12.3. The molecule has 0 radical (unpaired) electrons. The first-order chi connectivity index (χ1) is 10.1. The van der Waals surface area contributed by atoms with Gasteiger partial charge in [0.1, 0.15) is 6.21 Å². The van der Waals surface area contributed by atoms with Gasteiger partial charge < -0.3 is 4.18 Å². The molecule has 1 heterocycles. The van der Waals surface area contributed by atoms with Crippen molar-refractivity contribution in [1.82, 2.24) is 4.90 Å². The van der Waals surface area contributed by atoms with Crippen molar-refractivity contribution in [3.05, 3.63) is 28.2 Å². The Morgan fingerprint density at radius 3 is 2.50 bits per heavy atom. The van der Waals surface area contributed by atoms with Gasteiger partial charge in [0.25, 0.3) is 5.25 Å². The Morgan fingerprint density at radius 1 is 1.27 bits per heavy atom. The van der Waals surface area contributed by atoms with Crippen LogP contribution in [0.5, 0.6) is 5.75 Å². The van der Waals surface area contributed by atoms with E-state index in [-0.39, 0.29) is 10.8 Å². The minimum Gasteiger partial charge on any atom is -0.380 e. The summed E-state index contributed by atoms with van der Waals surface area (Å²) >= 11 is 11.6. The fraction of sp³-hybridized carbons (Fsp3) is 0.250. The molecule has 118 valence electrons. The van der Waals surface area contributed by atoms with Gasteiger partial charge >= 0.3 is 22.1 Å². The van der Waals surface area contributed by atoms with E-state index in [4.69, 9.17) is 27.4 Å². The Kier molecular flexibility index (Phi) is 4.46. The second-order valence-corrected chi connectivity index (χ2v) is 7.02. The highest BCUT2D eigenvalue weighted by Crippen LogP contribution is 2.29. The zero-order chi connectivity index (χ0) is 16.7. The third-order valence-electron chi connectivity index (χ3n) is 2.93. The lowest BCUT2D eigenvalue weighted by Crippen LogP contribution is -2.54. The highest BCUT2D eigenvalue weighted by molar-refractivity contribution is 7.89. The van der Waals surface area contributed by atoms with Gasteiger partial charge in [-0.2, -0.15) is 18.1 Å². The number of carbonyl (C=O) groups excluding carboxylic acids is 2. The van der Waals surface area contributed by atoms with Gasteiger partial charge in [-0.25, -0.2) is 9.37 Å². The van der Waals surface area contributed by atoms with Gasteiger partial charge in [-0.1, -0.05) is 23.2 Å². The first kappa shape index (κ1) is 16.7. The molecule has 0 saturated carbocycles. The topological polar surface area (TPSA) is 83.8 Å². The Hall–Kier alpha value is -1.64. The number of imide groups is 1. The second-order valence-electron chi connectivity index (χ2n) is 4.51. The number of amides is 3. The molecule has 0 aromatic heterocycles. The van der Waals surface area contributed by atoms with Gasteiger partial charge in [0.15, 0.2) is 5.75 Å². The minimum atomic E-state index is -4.38. The van der Waals surface area contributed by atoms with Crippen LogP contribution in [0.25, 0.3) is 0 Å². The number of carbonyl (C=O) groups is 2. The van der Waals surface area contributed by atoms with Crippen molar-refractivity contribution >= 4 is 51.5 Å². The molecule has 0 fully saturated rings. The Morgan fingerprint density at radius 2 is 1.91 bits per heavy atom. The lowest BCUT2D eigenvalue weighted by molar-refractivity contribution is -0.399. The van der Waals surface area contributed by atoms with Crippen LogP contribution in [0.3, 0.4) is 0 Å². The van der Waals surface area contributed by atoms with E-state index in [1.54, 1.807) is 0 Å². The SMILES string of the molecule is CN1C(=O)C(S(=O)(=O)Oc2ccc(Cl)cc2Cl)C=[N+](C)C1=O. The van der Waals surface area contributed by atoms with Gasteiger partial charge in [0.05, 0.1) is 19.1 Å². The molecule has 1 unspecified atom stereocenters. The smallest absolute Gasteiger partial charge is 0.380 e. The van der Waals surface area contributed by atoms with E-state index in [0.29, 0.717) is 9.92 Å². The van der Waals surface area contributed by atoms with E-state index in [1.165, 1.54) is 32.3 Å². The van der Waals surface area contributed by atoms with E-state index in [9.17, 15) is 18.0 Å². The van der Waals surface area contributed by atoms with Gasteiger partial charge in [-0.15, -0.1) is 0 Å². The van der Waals surface area contributed by atoms with Crippen LogP contribution in [0.15, 0.2) is 18.2 Å². The molecule has 1 aliphatic heterocycles. The maximum atomic E-state index is 12.3. The predicted octanol–water partition coefficient (Wildman–Crippen LogP) is 1.38. The van der Waals surface area contributed by atoms with Crippen LogP contribution in [0, 0.1) is 0 Å². The highest BCUT2D eigenvalue weighted by Gasteiger charge is 2.47. The van der Waals surface area contributed by atoms with Crippen molar-refractivity contribution in [2.45, 2.75) is 5.25 Å². The number of hydrogen-bond acceptors (Lipinski definition) is 5. The summed E-state index contributed by atoms with van der Waals surface area (Å²) in [6.07, 6.45) is 0.976. The molecule has 1 aliphatic rings. The zero-order valence-electron chi connectivity index (χ0n) is 11.5. The van der Waals surface area contributed by atoms with Crippen molar-refractivity contribution in [1.29, 1.82) is 0 Å². The molecule has 22 heavy (non-hydrogen) atoms. The molecule has 1 atom stereocenters. The summed E-state index contributed by atoms with van der Waals surface area (Å²) in [5.41, 5.74) is 0. The number of hydrogen-bond donors (Lipinski definition) is 0. The number of urea groups is 1. The van der Waals surface area contributed by atoms with Crippen molar-refractivity contribution in [3.8, 4) is 5.75 Å². The van der Waals surface area contributed by atoms with Crippen LogP contribution in [-0.2, 0) is 14.9 Å². The predicted molar refractivity (Wildman–Crippen MR) is 80.2 cm³/mol. The first-order valence-electron chi connectivity index (χ1n) is 5.91. The fourth-order valence-electron chi connectivity index (χ4n) is 1.77. The van der Waals surface area contributed by atoms with Crippen molar-refractivity contribution in [2.24, 2.45) is 0 Å². The van der Waals surface area contributed by atoms with Crippen molar-refractivity contribution in [3.63, 3.8) is 0 Å². The zero-order valence-corrected chi connectivity index (χ0v) is 13.8. The van der Waals surface area contributed by atoms with E-state index in [2.05, 4.69) is 0 Å². The maximum Gasteiger partial charge on any atom is 0.500 e. The van der Waals surface area contributed by atoms with Gasteiger partial charge in [0.2, 0.25) is 0 Å². The minimum absolute atomic E-state index is 0.0166. The normalized spacial score (nSPS) is 19.2. The molecular formula is C12H11Cl2N2O5S+. The molecule has 0 saturated heterocycles. The fourth-order valence-corrected chi connectivity index (χ4v) is 3.50. The average molecular weight is 366 g/mol. The number of halogens is 2. The number of nitrogens with zero attached hydrogens (tertiary/aromatic N) is 2. The third kappa shape index (κ3) is 3.08. The van der Waals surface area contributed by atoms with E-state index in [1.807, 2.05) is 0 Å². The summed E-state index contributed by atoms with van der Waals surface area (Å²) in [4.78, 5) is 24.3. The van der Waals surface area contributed by atoms with E-state index in [0.717, 1.165) is 10.8 Å². The molecule has 2 rings (SSSR count). The standard InChI is InChI=1S/C12H11Cl2N2O5S/c1-15-6-10(11(17)16(2)12(15)18)22(19,20)21-9-4-3-7(13)5-8(9)14/h3-6,10H,1-2H3/q+1. The molecule has 7 nitrogen and oxygen atoms in total. The Labute approximate surface area is 136 Å². The lowest BCUT2D eigenvalue weighted by Gasteiger charge is -2.19. The molecule has 0 N–H and O–H groups in total. The van der Waals surface area contributed by atoms with Crippen molar-refractivity contribution < 1.29 is 26.8 Å². The molecule has 1 aromatic rings. The van der Waals surface area contributed by atoms with Crippen molar-refractivity contribution in [2.75, 3.05) is 14.1 Å². The summed E-state index contributed by atoms with van der Waals surface area (Å²) in [5, 5.41) is -1.36. The van der Waals surface area contributed by atoms with Gasteiger partial charge in [-0.05, 0) is 18.2 Å². The van der Waals surface area contributed by atoms with Crippen LogP contribution in [-0.4, -0.2) is 55.4 Å². The van der Waals surface area contributed by atoms with Crippen LogP contribution in [0.1, 0.15) is 0 Å². The third-order valence-corrected chi connectivity index (χ3v) is 4.82. The van der Waals surface area contributed by atoms with Crippen LogP contribution < -0.4 is 4.18 Å². The molecule has 1 aromatic carbocycles. The molecular weight excluding hydrogens is 355 g/mol. The first-order valence-corrected chi connectivity index (χ1v) is 8.14. The Bertz CT molecular complexity index is 791.